The van der Waals surface area contributed by atoms with Crippen LogP contribution in [0.5, 0.6) is 0 Å². The second-order valence-electron chi connectivity index (χ2n) is 5.62. The highest BCUT2D eigenvalue weighted by molar-refractivity contribution is 7.99. The molecule has 0 spiro atoms. The topological polar surface area (TPSA) is 47.8 Å². The van der Waals surface area contributed by atoms with Gasteiger partial charge in [0.2, 0.25) is 0 Å². The summed E-state index contributed by atoms with van der Waals surface area (Å²) in [4.78, 5) is 20.8. The SMILES string of the molecule is CCSc1cccnc1-c1cc(=O)n(CCC(F)(F)C(F)(F)C(F)(F)F)cn1. The van der Waals surface area contributed by atoms with Crippen LogP contribution < -0.4 is 5.56 Å². The Hall–Kier alpha value is -2.11. The van der Waals surface area contributed by atoms with Crippen molar-refractivity contribution in [2.45, 2.75) is 42.8 Å². The van der Waals surface area contributed by atoms with E-state index in [2.05, 4.69) is 9.97 Å². The fraction of sp³-hybridized carbons (Fsp3) is 0.438. The summed E-state index contributed by atoms with van der Waals surface area (Å²) in [5.74, 6) is -10.9. The molecule has 0 aliphatic heterocycles. The number of thioether (sulfide) groups is 1. The lowest BCUT2D eigenvalue weighted by molar-refractivity contribution is -0.356. The Kier molecular flexibility index (Phi) is 6.41. The molecule has 0 N–H and O–H groups in total. The Morgan fingerprint density at radius 2 is 1.79 bits per heavy atom. The van der Waals surface area contributed by atoms with Crippen LogP contribution in [0.1, 0.15) is 13.3 Å². The zero-order chi connectivity index (χ0) is 21.2. The van der Waals surface area contributed by atoms with Crippen molar-refractivity contribution in [1.82, 2.24) is 14.5 Å². The van der Waals surface area contributed by atoms with Gasteiger partial charge >= 0.3 is 18.0 Å². The monoisotopic (exact) mass is 429 g/mol. The summed E-state index contributed by atoms with van der Waals surface area (Å²) in [6.07, 6.45) is -6.02. The first-order valence-electron chi connectivity index (χ1n) is 7.87. The van der Waals surface area contributed by atoms with Gasteiger partial charge in [-0.25, -0.2) is 4.98 Å². The molecular weight excluding hydrogens is 415 g/mol. The molecule has 0 amide bonds. The molecule has 12 heteroatoms. The highest BCUT2D eigenvalue weighted by Gasteiger charge is 2.72. The minimum Gasteiger partial charge on any atom is -0.299 e. The van der Waals surface area contributed by atoms with Crippen molar-refractivity contribution in [1.29, 1.82) is 0 Å². The summed E-state index contributed by atoms with van der Waals surface area (Å²) in [6.45, 7) is 0.827. The Labute approximate surface area is 158 Å². The molecule has 0 atom stereocenters. The summed E-state index contributed by atoms with van der Waals surface area (Å²) in [7, 11) is 0. The molecule has 0 fully saturated rings. The Morgan fingerprint density at radius 3 is 2.36 bits per heavy atom. The third-order valence-corrected chi connectivity index (χ3v) is 4.60. The van der Waals surface area contributed by atoms with E-state index in [1.165, 1.54) is 18.0 Å². The van der Waals surface area contributed by atoms with Crippen LogP contribution in [0.2, 0.25) is 0 Å². The fourth-order valence-electron chi connectivity index (χ4n) is 2.20. The Balaban J connectivity index is 2.24. The molecule has 0 saturated carbocycles. The first-order chi connectivity index (χ1) is 12.9. The van der Waals surface area contributed by atoms with Gasteiger partial charge in [0.15, 0.2) is 0 Å². The van der Waals surface area contributed by atoms with Gasteiger partial charge in [0, 0.05) is 30.1 Å². The molecule has 2 aromatic heterocycles. The molecule has 2 aromatic rings. The smallest absolute Gasteiger partial charge is 0.299 e. The minimum atomic E-state index is -6.41. The Bertz CT molecular complexity index is 883. The van der Waals surface area contributed by atoms with Crippen molar-refractivity contribution >= 4 is 11.8 Å². The molecule has 2 heterocycles. The molecule has 0 aromatic carbocycles. The predicted molar refractivity (Wildman–Crippen MR) is 88.7 cm³/mol. The maximum Gasteiger partial charge on any atom is 0.459 e. The van der Waals surface area contributed by atoms with Gasteiger partial charge in [0.1, 0.15) is 5.69 Å². The van der Waals surface area contributed by atoms with Gasteiger partial charge in [-0.05, 0) is 17.9 Å². The van der Waals surface area contributed by atoms with E-state index < -0.39 is 36.5 Å². The van der Waals surface area contributed by atoms with E-state index in [9.17, 15) is 35.5 Å². The number of pyridine rings is 1. The number of nitrogens with zero attached hydrogens (tertiary/aromatic N) is 3. The van der Waals surface area contributed by atoms with Crippen LogP contribution in [-0.4, -0.2) is 38.3 Å². The number of aromatic nitrogens is 3. The molecule has 0 aliphatic rings. The van der Waals surface area contributed by atoms with Crippen LogP contribution in [0.25, 0.3) is 11.4 Å². The molecule has 0 bridgehead atoms. The van der Waals surface area contributed by atoms with Crippen LogP contribution in [0.15, 0.2) is 40.4 Å². The number of hydrogen-bond donors (Lipinski definition) is 0. The number of alkyl halides is 7. The van der Waals surface area contributed by atoms with Gasteiger partial charge in [-0.3, -0.25) is 14.3 Å². The number of hydrogen-bond acceptors (Lipinski definition) is 4. The molecule has 0 aliphatic carbocycles. The van der Waals surface area contributed by atoms with Gasteiger partial charge in [0.25, 0.3) is 5.56 Å². The average Bonchev–Trinajstić information content (AvgIpc) is 2.60. The minimum absolute atomic E-state index is 0.130. The standard InChI is InChI=1S/C16H14F7N3OS/c1-2-28-11-4-3-6-24-13(11)10-8-12(27)26(9-25-10)7-5-14(17,18)15(19,20)16(21,22)23/h3-4,6,8-9H,2,5,7H2,1H3. The molecule has 0 unspecified atom stereocenters. The van der Waals surface area contributed by atoms with E-state index in [-0.39, 0.29) is 5.69 Å². The van der Waals surface area contributed by atoms with Crippen molar-refractivity contribution in [3.05, 3.63) is 41.1 Å². The third-order valence-electron chi connectivity index (χ3n) is 3.67. The lowest BCUT2D eigenvalue weighted by atomic mass is 10.1. The molecule has 154 valence electrons. The normalized spacial score (nSPS) is 13.0. The third kappa shape index (κ3) is 4.47. The largest absolute Gasteiger partial charge is 0.459 e. The van der Waals surface area contributed by atoms with Crippen molar-refractivity contribution < 1.29 is 30.7 Å². The number of halogens is 7. The summed E-state index contributed by atoms with van der Waals surface area (Å²) in [5.41, 5.74) is -0.382. The lowest BCUT2D eigenvalue weighted by Gasteiger charge is -2.28. The summed E-state index contributed by atoms with van der Waals surface area (Å²) < 4.78 is 89.6. The van der Waals surface area contributed by atoms with Crippen LogP contribution in [0, 0.1) is 0 Å². The molecule has 0 saturated heterocycles. The van der Waals surface area contributed by atoms with Gasteiger partial charge in [0.05, 0.1) is 12.0 Å². The van der Waals surface area contributed by atoms with Crippen LogP contribution >= 0.6 is 11.8 Å². The van der Waals surface area contributed by atoms with E-state index >= 15 is 0 Å². The number of rotatable bonds is 7. The molecular formula is C16H14F7N3OS. The van der Waals surface area contributed by atoms with Crippen LogP contribution in [0.4, 0.5) is 30.7 Å². The molecule has 4 nitrogen and oxygen atoms in total. The second-order valence-corrected chi connectivity index (χ2v) is 6.92. The maximum absolute atomic E-state index is 13.4. The molecule has 0 radical (unpaired) electrons. The first-order valence-corrected chi connectivity index (χ1v) is 8.86. The predicted octanol–water partition coefficient (Wildman–Crippen LogP) is 4.64. The summed E-state index contributed by atoms with van der Waals surface area (Å²) >= 11 is 1.43. The highest BCUT2D eigenvalue weighted by Crippen LogP contribution is 2.48. The highest BCUT2D eigenvalue weighted by atomic mass is 32.2. The van der Waals surface area contributed by atoms with Crippen molar-refractivity contribution in [3.8, 4) is 11.4 Å². The summed E-state index contributed by atoms with van der Waals surface area (Å²) in [5, 5.41) is 0. The van der Waals surface area contributed by atoms with Gasteiger partial charge in [-0.15, -0.1) is 11.8 Å². The average molecular weight is 429 g/mol. The zero-order valence-electron chi connectivity index (χ0n) is 14.3. The fourth-order valence-corrected chi connectivity index (χ4v) is 2.98. The van der Waals surface area contributed by atoms with Crippen molar-refractivity contribution in [2.24, 2.45) is 0 Å². The van der Waals surface area contributed by atoms with Gasteiger partial charge < -0.3 is 0 Å². The van der Waals surface area contributed by atoms with E-state index in [0.29, 0.717) is 20.9 Å². The van der Waals surface area contributed by atoms with Gasteiger partial charge in [-0.2, -0.15) is 30.7 Å². The molecule has 28 heavy (non-hydrogen) atoms. The van der Waals surface area contributed by atoms with E-state index in [4.69, 9.17) is 0 Å². The lowest BCUT2D eigenvalue weighted by Crippen LogP contribution is -2.52. The van der Waals surface area contributed by atoms with Crippen LogP contribution in [0.3, 0.4) is 0 Å². The van der Waals surface area contributed by atoms with Crippen molar-refractivity contribution in [2.75, 3.05) is 5.75 Å². The van der Waals surface area contributed by atoms with Gasteiger partial charge in [-0.1, -0.05) is 6.92 Å². The maximum atomic E-state index is 13.4. The first kappa shape index (κ1) is 22.2. The van der Waals surface area contributed by atoms with Crippen LogP contribution in [-0.2, 0) is 6.54 Å². The Morgan fingerprint density at radius 1 is 1.11 bits per heavy atom. The summed E-state index contributed by atoms with van der Waals surface area (Å²) in [6, 6.07) is 4.37. The van der Waals surface area contributed by atoms with E-state index in [1.54, 1.807) is 12.1 Å². The molecule has 2 rings (SSSR count). The zero-order valence-corrected chi connectivity index (χ0v) is 15.1. The number of aryl methyl sites for hydroxylation is 1. The van der Waals surface area contributed by atoms with E-state index in [1.807, 2.05) is 6.92 Å². The quantitative estimate of drug-likeness (QED) is 0.475. The van der Waals surface area contributed by atoms with E-state index in [0.717, 1.165) is 12.4 Å². The van der Waals surface area contributed by atoms with Crippen molar-refractivity contribution in [3.63, 3.8) is 0 Å². The second kappa shape index (κ2) is 8.10.